The van der Waals surface area contributed by atoms with E-state index in [1.807, 2.05) is 0 Å². The SMILES string of the molecule is CCC(C)(CC)c1cccc(C(C)(CC)CC)c1C. The molecule has 0 heterocycles. The summed E-state index contributed by atoms with van der Waals surface area (Å²) in [5.74, 6) is 0. The van der Waals surface area contributed by atoms with Gasteiger partial charge in [0, 0.05) is 0 Å². The Morgan fingerprint density at radius 2 is 1.05 bits per heavy atom. The van der Waals surface area contributed by atoms with E-state index in [0.29, 0.717) is 10.8 Å². The van der Waals surface area contributed by atoms with Gasteiger partial charge in [-0.25, -0.2) is 0 Å². The van der Waals surface area contributed by atoms with E-state index in [9.17, 15) is 0 Å². The van der Waals surface area contributed by atoms with Crippen LogP contribution in [0.3, 0.4) is 0 Å². The molecule has 1 aromatic rings. The van der Waals surface area contributed by atoms with E-state index in [4.69, 9.17) is 0 Å². The second-order valence-corrected chi connectivity index (χ2v) is 6.51. The van der Waals surface area contributed by atoms with Gasteiger partial charge in [-0.3, -0.25) is 0 Å². The molecule has 0 radical (unpaired) electrons. The van der Waals surface area contributed by atoms with Gasteiger partial charge in [-0.05, 0) is 60.1 Å². The standard InChI is InChI=1S/C19H32/c1-8-18(6,9-2)16-13-12-14-17(15(16)5)19(7,10-3)11-4/h12-14H,8-11H2,1-7H3. The number of benzene rings is 1. The van der Waals surface area contributed by atoms with Crippen molar-refractivity contribution < 1.29 is 0 Å². The number of rotatable bonds is 6. The molecule has 0 fully saturated rings. The minimum absolute atomic E-state index is 0.322. The first-order valence-corrected chi connectivity index (χ1v) is 7.99. The van der Waals surface area contributed by atoms with E-state index in [2.05, 4.69) is 66.7 Å². The summed E-state index contributed by atoms with van der Waals surface area (Å²) in [6.45, 7) is 16.4. The third kappa shape index (κ3) is 2.88. The van der Waals surface area contributed by atoms with Crippen molar-refractivity contribution in [2.24, 2.45) is 0 Å². The van der Waals surface area contributed by atoms with Crippen LogP contribution < -0.4 is 0 Å². The van der Waals surface area contributed by atoms with E-state index >= 15 is 0 Å². The van der Waals surface area contributed by atoms with Gasteiger partial charge in [0.05, 0.1) is 0 Å². The molecular weight excluding hydrogens is 228 g/mol. The largest absolute Gasteiger partial charge is 0.0645 e. The summed E-state index contributed by atoms with van der Waals surface area (Å²) in [5.41, 5.74) is 5.29. The highest BCUT2D eigenvalue weighted by molar-refractivity contribution is 5.42. The topological polar surface area (TPSA) is 0 Å². The Bertz CT molecular complexity index is 370. The smallest absolute Gasteiger partial charge is 0.00778 e. The summed E-state index contributed by atoms with van der Waals surface area (Å²) in [6, 6.07) is 6.96. The summed E-state index contributed by atoms with van der Waals surface area (Å²) < 4.78 is 0. The van der Waals surface area contributed by atoms with Gasteiger partial charge in [-0.15, -0.1) is 0 Å². The fraction of sp³-hybridized carbons (Fsp3) is 0.684. The predicted octanol–water partition coefficient (Wildman–Crippen LogP) is 6.15. The molecule has 0 aromatic heterocycles. The maximum Gasteiger partial charge on any atom is -0.00778 e. The van der Waals surface area contributed by atoms with E-state index in [1.165, 1.54) is 31.2 Å². The molecule has 0 bridgehead atoms. The Balaban J connectivity index is 3.42. The molecule has 108 valence electrons. The quantitative estimate of drug-likeness (QED) is 0.575. The Kier molecular flexibility index (Phi) is 5.24. The van der Waals surface area contributed by atoms with E-state index in [-0.39, 0.29) is 0 Å². The van der Waals surface area contributed by atoms with Crippen molar-refractivity contribution in [1.29, 1.82) is 0 Å². The second kappa shape index (κ2) is 6.11. The van der Waals surface area contributed by atoms with Crippen LogP contribution >= 0.6 is 0 Å². The highest BCUT2D eigenvalue weighted by Gasteiger charge is 2.29. The molecule has 0 atom stereocenters. The Morgan fingerprint density at radius 3 is 1.32 bits per heavy atom. The lowest BCUT2D eigenvalue weighted by Crippen LogP contribution is -2.26. The van der Waals surface area contributed by atoms with Gasteiger partial charge in [0.15, 0.2) is 0 Å². The molecule has 0 saturated carbocycles. The molecule has 0 aliphatic heterocycles. The molecule has 0 spiro atoms. The number of hydrogen-bond donors (Lipinski definition) is 0. The first-order chi connectivity index (χ1) is 8.88. The van der Waals surface area contributed by atoms with Crippen LogP contribution in [0, 0.1) is 6.92 Å². The molecule has 0 saturated heterocycles. The van der Waals surface area contributed by atoms with Crippen molar-refractivity contribution >= 4 is 0 Å². The molecule has 1 rings (SSSR count). The predicted molar refractivity (Wildman–Crippen MR) is 87.0 cm³/mol. The highest BCUT2D eigenvalue weighted by Crippen LogP contribution is 2.39. The van der Waals surface area contributed by atoms with Crippen LogP contribution in [-0.4, -0.2) is 0 Å². The zero-order chi connectivity index (χ0) is 14.7. The van der Waals surface area contributed by atoms with Gasteiger partial charge in [-0.2, -0.15) is 0 Å². The lowest BCUT2D eigenvalue weighted by Gasteiger charge is -2.35. The van der Waals surface area contributed by atoms with Crippen molar-refractivity contribution in [3.8, 4) is 0 Å². The van der Waals surface area contributed by atoms with Gasteiger partial charge < -0.3 is 0 Å². The van der Waals surface area contributed by atoms with Gasteiger partial charge in [0.2, 0.25) is 0 Å². The highest BCUT2D eigenvalue weighted by atomic mass is 14.3. The van der Waals surface area contributed by atoms with Crippen LogP contribution in [0.2, 0.25) is 0 Å². The van der Waals surface area contributed by atoms with Crippen LogP contribution in [0.25, 0.3) is 0 Å². The monoisotopic (exact) mass is 260 g/mol. The van der Waals surface area contributed by atoms with E-state index < -0.39 is 0 Å². The summed E-state index contributed by atoms with van der Waals surface area (Å²) in [5, 5.41) is 0. The summed E-state index contributed by atoms with van der Waals surface area (Å²) in [4.78, 5) is 0. The minimum Gasteiger partial charge on any atom is -0.0645 e. The van der Waals surface area contributed by atoms with Crippen LogP contribution in [-0.2, 0) is 10.8 Å². The maximum atomic E-state index is 2.41. The molecule has 19 heavy (non-hydrogen) atoms. The van der Waals surface area contributed by atoms with E-state index in [0.717, 1.165) is 0 Å². The van der Waals surface area contributed by atoms with Gasteiger partial charge in [0.1, 0.15) is 0 Å². The second-order valence-electron chi connectivity index (χ2n) is 6.51. The minimum atomic E-state index is 0.322. The summed E-state index contributed by atoms with van der Waals surface area (Å²) in [6.07, 6.45) is 4.84. The summed E-state index contributed by atoms with van der Waals surface area (Å²) in [7, 11) is 0. The molecule has 0 heteroatoms. The van der Waals surface area contributed by atoms with Crippen molar-refractivity contribution in [3.63, 3.8) is 0 Å². The lowest BCUT2D eigenvalue weighted by atomic mass is 9.70. The third-order valence-corrected chi connectivity index (χ3v) is 5.76. The van der Waals surface area contributed by atoms with Crippen LogP contribution in [0.5, 0.6) is 0 Å². The Hall–Kier alpha value is -0.780. The summed E-state index contributed by atoms with van der Waals surface area (Å²) >= 11 is 0. The van der Waals surface area contributed by atoms with Gasteiger partial charge in [-0.1, -0.05) is 59.7 Å². The average molecular weight is 260 g/mol. The molecular formula is C19H32. The number of hydrogen-bond acceptors (Lipinski definition) is 0. The normalized spacial score (nSPS) is 12.8. The fourth-order valence-electron chi connectivity index (χ4n) is 3.21. The van der Waals surface area contributed by atoms with Crippen molar-refractivity contribution in [2.75, 3.05) is 0 Å². The molecule has 0 N–H and O–H groups in total. The van der Waals surface area contributed by atoms with Gasteiger partial charge in [0.25, 0.3) is 0 Å². The van der Waals surface area contributed by atoms with Crippen molar-refractivity contribution in [2.45, 2.75) is 85.0 Å². The van der Waals surface area contributed by atoms with E-state index in [1.54, 1.807) is 11.1 Å². The molecule has 0 aliphatic rings. The van der Waals surface area contributed by atoms with Crippen LogP contribution in [0.15, 0.2) is 18.2 Å². The Labute approximate surface area is 120 Å². The van der Waals surface area contributed by atoms with Crippen LogP contribution in [0.4, 0.5) is 0 Å². The molecule has 0 nitrogen and oxygen atoms in total. The van der Waals surface area contributed by atoms with Crippen molar-refractivity contribution in [1.82, 2.24) is 0 Å². The van der Waals surface area contributed by atoms with Crippen LogP contribution in [0.1, 0.15) is 83.9 Å². The zero-order valence-corrected chi connectivity index (χ0v) is 14.1. The fourth-order valence-corrected chi connectivity index (χ4v) is 3.21. The molecule has 0 unspecified atom stereocenters. The van der Waals surface area contributed by atoms with Gasteiger partial charge >= 0.3 is 0 Å². The maximum absolute atomic E-state index is 2.41. The molecule has 1 aromatic carbocycles. The third-order valence-electron chi connectivity index (χ3n) is 5.76. The molecule has 0 aliphatic carbocycles. The zero-order valence-electron chi connectivity index (χ0n) is 14.1. The molecule has 0 amide bonds. The lowest BCUT2D eigenvalue weighted by molar-refractivity contribution is 0.419. The Morgan fingerprint density at radius 1 is 0.737 bits per heavy atom. The first-order valence-electron chi connectivity index (χ1n) is 7.99. The average Bonchev–Trinajstić information content (AvgIpc) is 2.45. The van der Waals surface area contributed by atoms with Crippen molar-refractivity contribution in [3.05, 3.63) is 34.9 Å². The first kappa shape index (κ1) is 16.3.